The lowest BCUT2D eigenvalue weighted by atomic mass is 10.3. The molecule has 0 amide bonds. The van der Waals surface area contributed by atoms with Crippen LogP contribution in [0, 0.1) is 0 Å². The molecule has 0 atom stereocenters. The molecule has 2 heteroatoms. The summed E-state index contributed by atoms with van der Waals surface area (Å²) in [6.45, 7) is 5.66. The van der Waals surface area contributed by atoms with Gasteiger partial charge in [-0.05, 0) is 17.5 Å². The molecule has 0 fully saturated rings. The number of thioether (sulfide) groups is 1. The molecule has 0 unspecified atom stereocenters. The molecular weight excluding hydrogens is 190 g/mol. The van der Waals surface area contributed by atoms with Gasteiger partial charge in [0.05, 0.1) is 5.69 Å². The monoisotopic (exact) mass is 203 g/mol. The molecule has 1 nitrogen and oxygen atoms in total. The zero-order valence-electron chi connectivity index (χ0n) is 8.02. The van der Waals surface area contributed by atoms with E-state index in [1.165, 1.54) is 10.6 Å². The predicted octanol–water partition coefficient (Wildman–Crippen LogP) is 3.30. The number of nitrogens with zero attached hydrogens (tertiary/aromatic N) is 1. The first-order chi connectivity index (χ1) is 6.92. The molecule has 2 rings (SSSR count). The van der Waals surface area contributed by atoms with Gasteiger partial charge < -0.3 is 4.90 Å². The first-order valence-corrected chi connectivity index (χ1v) is 5.56. The van der Waals surface area contributed by atoms with Crippen LogP contribution in [0.2, 0.25) is 0 Å². The summed E-state index contributed by atoms with van der Waals surface area (Å²) in [6.07, 6.45) is 4.13. The molecular formula is C12H13NS. The largest absolute Gasteiger partial charge is 0.363 e. The number of benzene rings is 1. The SMILES string of the molecule is C=CCN1CC=CSc2ccccc21. The van der Waals surface area contributed by atoms with Crippen LogP contribution in [0.1, 0.15) is 0 Å². The van der Waals surface area contributed by atoms with Crippen molar-refractivity contribution in [2.45, 2.75) is 4.90 Å². The first-order valence-electron chi connectivity index (χ1n) is 4.68. The summed E-state index contributed by atoms with van der Waals surface area (Å²) in [5.41, 5.74) is 1.31. The number of fused-ring (bicyclic) bond motifs is 1. The Morgan fingerprint density at radius 1 is 1.43 bits per heavy atom. The van der Waals surface area contributed by atoms with Gasteiger partial charge in [-0.1, -0.05) is 36.0 Å². The van der Waals surface area contributed by atoms with E-state index in [1.807, 2.05) is 6.08 Å². The van der Waals surface area contributed by atoms with Crippen molar-refractivity contribution < 1.29 is 0 Å². The van der Waals surface area contributed by atoms with Gasteiger partial charge in [0.2, 0.25) is 0 Å². The second-order valence-electron chi connectivity index (χ2n) is 3.15. The molecule has 1 aliphatic rings. The van der Waals surface area contributed by atoms with Crippen LogP contribution >= 0.6 is 11.8 Å². The van der Waals surface area contributed by atoms with E-state index in [-0.39, 0.29) is 0 Å². The zero-order chi connectivity index (χ0) is 9.80. The van der Waals surface area contributed by atoms with Crippen molar-refractivity contribution in [1.82, 2.24) is 0 Å². The van der Waals surface area contributed by atoms with Crippen molar-refractivity contribution in [3.8, 4) is 0 Å². The number of anilines is 1. The van der Waals surface area contributed by atoms with E-state index < -0.39 is 0 Å². The summed E-state index contributed by atoms with van der Waals surface area (Å²) in [5, 5.41) is 2.15. The minimum Gasteiger partial charge on any atom is -0.363 e. The average molecular weight is 203 g/mol. The quantitative estimate of drug-likeness (QED) is 0.678. The third kappa shape index (κ3) is 1.85. The Kier molecular flexibility index (Phi) is 2.94. The highest BCUT2D eigenvalue weighted by atomic mass is 32.2. The normalized spacial score (nSPS) is 14.7. The second kappa shape index (κ2) is 4.38. The van der Waals surface area contributed by atoms with E-state index in [4.69, 9.17) is 0 Å². The first kappa shape index (κ1) is 9.41. The minimum atomic E-state index is 0.905. The van der Waals surface area contributed by atoms with Crippen molar-refractivity contribution in [2.24, 2.45) is 0 Å². The number of hydrogen-bond donors (Lipinski definition) is 0. The summed E-state index contributed by atoms with van der Waals surface area (Å²) < 4.78 is 0. The van der Waals surface area contributed by atoms with Gasteiger partial charge in [0.15, 0.2) is 0 Å². The highest BCUT2D eigenvalue weighted by Crippen LogP contribution is 2.32. The smallest absolute Gasteiger partial charge is 0.0513 e. The second-order valence-corrected chi connectivity index (χ2v) is 4.10. The Labute approximate surface area is 89.1 Å². The molecule has 0 bridgehead atoms. The van der Waals surface area contributed by atoms with Gasteiger partial charge in [-0.15, -0.1) is 6.58 Å². The Hall–Kier alpha value is -1.15. The molecule has 0 spiro atoms. The van der Waals surface area contributed by atoms with Crippen molar-refractivity contribution >= 4 is 17.4 Å². The van der Waals surface area contributed by atoms with Crippen LogP contribution in [-0.4, -0.2) is 13.1 Å². The van der Waals surface area contributed by atoms with E-state index in [9.17, 15) is 0 Å². The van der Waals surface area contributed by atoms with E-state index >= 15 is 0 Å². The van der Waals surface area contributed by atoms with Gasteiger partial charge in [-0.2, -0.15) is 0 Å². The lowest BCUT2D eigenvalue weighted by Gasteiger charge is -2.22. The highest BCUT2D eigenvalue weighted by Gasteiger charge is 2.10. The van der Waals surface area contributed by atoms with Crippen molar-refractivity contribution in [3.63, 3.8) is 0 Å². The summed E-state index contributed by atoms with van der Waals surface area (Å²) >= 11 is 1.78. The highest BCUT2D eigenvalue weighted by molar-refractivity contribution is 8.02. The van der Waals surface area contributed by atoms with Crippen LogP contribution in [0.4, 0.5) is 5.69 Å². The molecule has 0 N–H and O–H groups in total. The van der Waals surface area contributed by atoms with Gasteiger partial charge in [0.1, 0.15) is 0 Å². The summed E-state index contributed by atoms with van der Waals surface area (Å²) in [7, 11) is 0. The molecule has 1 aromatic carbocycles. The average Bonchev–Trinajstić information content (AvgIpc) is 2.42. The molecule has 0 aromatic heterocycles. The molecule has 0 aliphatic carbocycles. The molecule has 0 saturated carbocycles. The fraction of sp³-hybridized carbons (Fsp3) is 0.167. The van der Waals surface area contributed by atoms with E-state index in [0.29, 0.717) is 0 Å². The Morgan fingerprint density at radius 2 is 2.29 bits per heavy atom. The van der Waals surface area contributed by atoms with Gasteiger partial charge >= 0.3 is 0 Å². The molecule has 72 valence electrons. The fourth-order valence-electron chi connectivity index (χ4n) is 1.54. The lowest BCUT2D eigenvalue weighted by Crippen LogP contribution is -2.22. The predicted molar refractivity (Wildman–Crippen MR) is 63.8 cm³/mol. The van der Waals surface area contributed by atoms with E-state index in [1.54, 1.807) is 11.8 Å². The third-order valence-corrected chi connectivity index (χ3v) is 3.10. The fourth-order valence-corrected chi connectivity index (χ4v) is 2.34. The van der Waals surface area contributed by atoms with Gasteiger partial charge in [-0.3, -0.25) is 0 Å². The lowest BCUT2D eigenvalue weighted by molar-refractivity contribution is 0.943. The zero-order valence-corrected chi connectivity index (χ0v) is 8.83. The summed E-state index contributed by atoms with van der Waals surface area (Å²) in [4.78, 5) is 3.64. The molecule has 1 heterocycles. The van der Waals surface area contributed by atoms with Crippen molar-refractivity contribution in [1.29, 1.82) is 0 Å². The Balaban J connectivity index is 2.36. The molecule has 14 heavy (non-hydrogen) atoms. The number of rotatable bonds is 2. The van der Waals surface area contributed by atoms with Crippen LogP contribution in [0.15, 0.2) is 53.3 Å². The van der Waals surface area contributed by atoms with Crippen LogP contribution in [0.25, 0.3) is 0 Å². The Bertz CT molecular complexity index is 357. The van der Waals surface area contributed by atoms with Crippen LogP contribution in [0.3, 0.4) is 0 Å². The van der Waals surface area contributed by atoms with Gasteiger partial charge in [0, 0.05) is 18.0 Å². The molecule has 0 saturated heterocycles. The third-order valence-electron chi connectivity index (χ3n) is 2.17. The topological polar surface area (TPSA) is 3.24 Å². The van der Waals surface area contributed by atoms with Crippen molar-refractivity contribution in [2.75, 3.05) is 18.0 Å². The van der Waals surface area contributed by atoms with Crippen LogP contribution < -0.4 is 4.90 Å². The minimum absolute atomic E-state index is 0.905. The van der Waals surface area contributed by atoms with Crippen LogP contribution in [0.5, 0.6) is 0 Å². The van der Waals surface area contributed by atoms with Crippen LogP contribution in [-0.2, 0) is 0 Å². The maximum absolute atomic E-state index is 3.79. The van der Waals surface area contributed by atoms with Gasteiger partial charge in [0.25, 0.3) is 0 Å². The number of hydrogen-bond acceptors (Lipinski definition) is 2. The Morgan fingerprint density at radius 3 is 3.14 bits per heavy atom. The maximum atomic E-state index is 3.79. The van der Waals surface area contributed by atoms with E-state index in [0.717, 1.165) is 13.1 Å². The standard InChI is InChI=1S/C12H13NS/c1-2-8-13-9-5-10-14-12-7-4-3-6-11(12)13/h2-7,10H,1,8-9H2. The molecule has 0 radical (unpaired) electrons. The summed E-state index contributed by atoms with van der Waals surface area (Å²) in [5.74, 6) is 0. The molecule has 1 aromatic rings. The van der Waals surface area contributed by atoms with Crippen molar-refractivity contribution in [3.05, 3.63) is 48.4 Å². The van der Waals surface area contributed by atoms with E-state index in [2.05, 4.69) is 47.2 Å². The molecule has 1 aliphatic heterocycles. The summed E-state index contributed by atoms with van der Waals surface area (Å²) in [6, 6.07) is 8.49. The number of para-hydroxylation sites is 1. The maximum Gasteiger partial charge on any atom is 0.0513 e. The van der Waals surface area contributed by atoms with Gasteiger partial charge in [-0.25, -0.2) is 0 Å².